The van der Waals surface area contributed by atoms with Gasteiger partial charge in [0, 0.05) is 45.8 Å². The number of halogens is 1. The second-order valence-corrected chi connectivity index (χ2v) is 9.74. The van der Waals surface area contributed by atoms with E-state index in [0.29, 0.717) is 6.54 Å². The molecule has 0 spiro atoms. The molecule has 4 nitrogen and oxygen atoms in total. The van der Waals surface area contributed by atoms with Crippen molar-refractivity contribution in [2.45, 2.75) is 26.8 Å². The lowest BCUT2D eigenvalue weighted by atomic mass is 10.0. The molecule has 2 aromatic heterocycles. The van der Waals surface area contributed by atoms with Crippen molar-refractivity contribution in [2.24, 2.45) is 0 Å². The predicted octanol–water partition coefficient (Wildman–Crippen LogP) is 7.74. The average molecular weight is 497 g/mol. The summed E-state index contributed by atoms with van der Waals surface area (Å²) in [6.45, 7) is 4.64. The van der Waals surface area contributed by atoms with E-state index in [1.54, 1.807) is 11.3 Å². The number of rotatable bonds is 7. The molecule has 0 fully saturated rings. The molecule has 174 valence electrons. The number of anilines is 1. The van der Waals surface area contributed by atoms with Gasteiger partial charge in [-0.25, -0.2) is 15.0 Å². The zero-order valence-corrected chi connectivity index (χ0v) is 21.2. The fourth-order valence-electron chi connectivity index (χ4n) is 4.00. The normalized spacial score (nSPS) is 10.9. The molecule has 0 aliphatic rings. The average Bonchev–Trinajstić information content (AvgIpc) is 3.37. The van der Waals surface area contributed by atoms with Crippen molar-refractivity contribution < 1.29 is 0 Å². The third-order valence-electron chi connectivity index (χ3n) is 5.85. The van der Waals surface area contributed by atoms with E-state index in [4.69, 9.17) is 21.6 Å². The third-order valence-corrected chi connectivity index (χ3v) is 7.00. The Morgan fingerprint density at radius 2 is 1.49 bits per heavy atom. The standard InChI is InChI=1S/C29H25ClN4S/c1-19-26(16-21-10-14-25(30)15-11-21)28(33-20(2)32-19)31-17-22-8-12-24(13-9-22)29-34-27(18-35-29)23-6-4-3-5-7-23/h3-15,18H,16-17H2,1-2H3,(H,31,32,33). The summed E-state index contributed by atoms with van der Waals surface area (Å²) in [5.74, 6) is 1.64. The Morgan fingerprint density at radius 3 is 2.23 bits per heavy atom. The van der Waals surface area contributed by atoms with Crippen LogP contribution in [0.15, 0.2) is 84.2 Å². The molecule has 3 aromatic carbocycles. The van der Waals surface area contributed by atoms with Crippen LogP contribution in [0.2, 0.25) is 5.02 Å². The Bertz CT molecular complexity index is 1430. The van der Waals surface area contributed by atoms with Gasteiger partial charge in [-0.05, 0) is 37.1 Å². The summed E-state index contributed by atoms with van der Waals surface area (Å²) in [6, 6.07) is 26.8. The van der Waals surface area contributed by atoms with Crippen LogP contribution in [0.3, 0.4) is 0 Å². The molecule has 6 heteroatoms. The quantitative estimate of drug-likeness (QED) is 0.250. The molecule has 35 heavy (non-hydrogen) atoms. The van der Waals surface area contributed by atoms with Gasteiger partial charge in [-0.2, -0.15) is 0 Å². The van der Waals surface area contributed by atoms with E-state index in [1.165, 1.54) is 11.1 Å². The van der Waals surface area contributed by atoms with Crippen LogP contribution >= 0.6 is 22.9 Å². The molecule has 0 saturated carbocycles. The Labute approximate surface area is 214 Å². The molecule has 0 bridgehead atoms. The summed E-state index contributed by atoms with van der Waals surface area (Å²) in [5.41, 5.74) is 7.72. The van der Waals surface area contributed by atoms with Crippen molar-refractivity contribution in [3.05, 3.63) is 117 Å². The van der Waals surface area contributed by atoms with Crippen molar-refractivity contribution >= 4 is 28.8 Å². The molecule has 5 aromatic rings. The highest BCUT2D eigenvalue weighted by Crippen LogP contribution is 2.29. The van der Waals surface area contributed by atoms with Gasteiger partial charge in [-0.3, -0.25) is 0 Å². The Kier molecular flexibility index (Phi) is 6.89. The van der Waals surface area contributed by atoms with Crippen LogP contribution in [0.25, 0.3) is 21.8 Å². The largest absolute Gasteiger partial charge is 0.366 e. The lowest BCUT2D eigenvalue weighted by Gasteiger charge is -2.14. The number of benzene rings is 3. The Hall–Kier alpha value is -3.54. The van der Waals surface area contributed by atoms with E-state index in [1.807, 2.05) is 56.3 Å². The van der Waals surface area contributed by atoms with Crippen LogP contribution in [-0.2, 0) is 13.0 Å². The highest BCUT2D eigenvalue weighted by molar-refractivity contribution is 7.13. The molecular weight excluding hydrogens is 472 g/mol. The first-order valence-electron chi connectivity index (χ1n) is 11.5. The van der Waals surface area contributed by atoms with Crippen LogP contribution in [0, 0.1) is 13.8 Å². The molecule has 2 heterocycles. The first kappa shape index (κ1) is 23.2. The molecule has 0 aliphatic heterocycles. The number of nitrogens with zero attached hydrogens (tertiary/aromatic N) is 3. The number of hydrogen-bond acceptors (Lipinski definition) is 5. The molecule has 5 rings (SSSR count). The minimum atomic E-state index is 0.678. The number of hydrogen-bond donors (Lipinski definition) is 1. The minimum absolute atomic E-state index is 0.678. The predicted molar refractivity (Wildman–Crippen MR) is 146 cm³/mol. The minimum Gasteiger partial charge on any atom is -0.366 e. The highest BCUT2D eigenvalue weighted by Gasteiger charge is 2.12. The third kappa shape index (κ3) is 5.59. The number of nitrogens with one attached hydrogen (secondary N) is 1. The zero-order valence-electron chi connectivity index (χ0n) is 19.6. The van der Waals surface area contributed by atoms with Crippen molar-refractivity contribution in [2.75, 3.05) is 5.32 Å². The second kappa shape index (κ2) is 10.4. The van der Waals surface area contributed by atoms with Gasteiger partial charge in [0.15, 0.2) is 0 Å². The monoisotopic (exact) mass is 496 g/mol. The van der Waals surface area contributed by atoms with E-state index >= 15 is 0 Å². The van der Waals surface area contributed by atoms with Crippen LogP contribution in [0.5, 0.6) is 0 Å². The van der Waals surface area contributed by atoms with E-state index in [9.17, 15) is 0 Å². The van der Waals surface area contributed by atoms with E-state index < -0.39 is 0 Å². The van der Waals surface area contributed by atoms with E-state index in [2.05, 4.69) is 52.1 Å². The molecule has 0 unspecified atom stereocenters. The zero-order chi connectivity index (χ0) is 24.2. The van der Waals surface area contributed by atoms with Gasteiger partial charge in [0.2, 0.25) is 0 Å². The van der Waals surface area contributed by atoms with Gasteiger partial charge in [-0.15, -0.1) is 11.3 Å². The van der Waals surface area contributed by atoms with Crippen molar-refractivity contribution in [3.63, 3.8) is 0 Å². The maximum atomic E-state index is 6.05. The van der Waals surface area contributed by atoms with Gasteiger partial charge in [0.05, 0.1) is 5.69 Å². The van der Waals surface area contributed by atoms with Gasteiger partial charge in [-0.1, -0.05) is 78.3 Å². The summed E-state index contributed by atoms with van der Waals surface area (Å²) < 4.78 is 0. The van der Waals surface area contributed by atoms with Gasteiger partial charge in [0.1, 0.15) is 16.6 Å². The SMILES string of the molecule is Cc1nc(C)c(Cc2ccc(Cl)cc2)c(NCc2ccc(-c3nc(-c4ccccc4)cs3)cc2)n1. The highest BCUT2D eigenvalue weighted by atomic mass is 35.5. The van der Waals surface area contributed by atoms with Gasteiger partial charge in [0.25, 0.3) is 0 Å². The Balaban J connectivity index is 1.30. The second-order valence-electron chi connectivity index (χ2n) is 8.44. The maximum Gasteiger partial charge on any atom is 0.133 e. The lowest BCUT2D eigenvalue weighted by Crippen LogP contribution is -2.09. The number of aryl methyl sites for hydroxylation is 2. The fraction of sp³-hybridized carbons (Fsp3) is 0.138. The molecule has 0 amide bonds. The smallest absolute Gasteiger partial charge is 0.133 e. The fourth-order valence-corrected chi connectivity index (χ4v) is 4.96. The lowest BCUT2D eigenvalue weighted by molar-refractivity contribution is 0.946. The number of aromatic nitrogens is 3. The van der Waals surface area contributed by atoms with Crippen molar-refractivity contribution in [1.82, 2.24) is 15.0 Å². The summed E-state index contributed by atoms with van der Waals surface area (Å²) in [5, 5.41) is 7.41. The molecule has 0 atom stereocenters. The number of thiazole rings is 1. The van der Waals surface area contributed by atoms with Crippen LogP contribution < -0.4 is 5.32 Å². The Morgan fingerprint density at radius 1 is 0.771 bits per heavy atom. The van der Waals surface area contributed by atoms with E-state index in [0.717, 1.165) is 56.2 Å². The van der Waals surface area contributed by atoms with Crippen LogP contribution in [-0.4, -0.2) is 15.0 Å². The maximum absolute atomic E-state index is 6.05. The molecule has 0 aliphatic carbocycles. The summed E-state index contributed by atoms with van der Waals surface area (Å²) in [6.07, 6.45) is 0.748. The summed E-state index contributed by atoms with van der Waals surface area (Å²) in [4.78, 5) is 14.1. The molecule has 0 radical (unpaired) electrons. The molecular formula is C29H25ClN4S. The van der Waals surface area contributed by atoms with Gasteiger partial charge < -0.3 is 5.32 Å². The van der Waals surface area contributed by atoms with Gasteiger partial charge >= 0.3 is 0 Å². The molecule has 0 saturated heterocycles. The van der Waals surface area contributed by atoms with Crippen molar-refractivity contribution in [3.8, 4) is 21.8 Å². The topological polar surface area (TPSA) is 50.7 Å². The van der Waals surface area contributed by atoms with E-state index in [-0.39, 0.29) is 0 Å². The summed E-state index contributed by atoms with van der Waals surface area (Å²) in [7, 11) is 0. The summed E-state index contributed by atoms with van der Waals surface area (Å²) >= 11 is 7.72. The van der Waals surface area contributed by atoms with Crippen LogP contribution in [0.1, 0.15) is 28.2 Å². The first-order valence-corrected chi connectivity index (χ1v) is 12.7. The first-order chi connectivity index (χ1) is 17.0. The molecule has 1 N–H and O–H groups in total. The van der Waals surface area contributed by atoms with Crippen LogP contribution in [0.4, 0.5) is 5.82 Å². The van der Waals surface area contributed by atoms with Crippen molar-refractivity contribution in [1.29, 1.82) is 0 Å².